The fourth-order valence-electron chi connectivity index (χ4n) is 2.13. The summed E-state index contributed by atoms with van der Waals surface area (Å²) < 4.78 is 30.0. The second kappa shape index (κ2) is 7.99. The molecule has 1 fully saturated rings. The number of ether oxygens (including phenoxy) is 1. The Bertz CT molecular complexity index is 449. The molecule has 118 valence electrons. The fourth-order valence-corrected chi connectivity index (χ4v) is 2.13. The molecule has 2 heterocycles. The molecule has 0 radical (unpaired) electrons. The summed E-state index contributed by atoms with van der Waals surface area (Å²) in [6.07, 6.45) is 1.02. The van der Waals surface area contributed by atoms with Gasteiger partial charge in [-0.1, -0.05) is 5.21 Å². The van der Waals surface area contributed by atoms with Crippen LogP contribution in [0.15, 0.2) is 6.20 Å². The minimum atomic E-state index is -2.49. The van der Waals surface area contributed by atoms with Crippen molar-refractivity contribution in [2.24, 2.45) is 0 Å². The van der Waals surface area contributed by atoms with Crippen LogP contribution in [-0.4, -0.2) is 60.2 Å². The molecule has 1 aromatic rings. The van der Waals surface area contributed by atoms with Crippen molar-refractivity contribution in [3.63, 3.8) is 0 Å². The highest BCUT2D eigenvalue weighted by Crippen LogP contribution is 2.16. The standard InChI is InChI=1S/C12H19F2N5O2/c13-11(14)8-21-6-5-16-12(20)10-7-19(18-17-10)9-1-3-15-4-2-9/h7,9,11,15H,1-6,8H2,(H,16,20). The van der Waals surface area contributed by atoms with Crippen LogP contribution in [-0.2, 0) is 4.74 Å². The van der Waals surface area contributed by atoms with Crippen LogP contribution >= 0.6 is 0 Å². The number of nitrogens with zero attached hydrogens (tertiary/aromatic N) is 3. The Kier molecular flexibility index (Phi) is 6.00. The van der Waals surface area contributed by atoms with Gasteiger partial charge in [0.1, 0.15) is 6.61 Å². The van der Waals surface area contributed by atoms with Gasteiger partial charge in [0, 0.05) is 6.54 Å². The van der Waals surface area contributed by atoms with Crippen LogP contribution in [0.2, 0.25) is 0 Å². The SMILES string of the molecule is O=C(NCCOCC(F)F)c1cn(C2CCNCC2)nn1. The first-order valence-corrected chi connectivity index (χ1v) is 6.93. The summed E-state index contributed by atoms with van der Waals surface area (Å²) in [6, 6.07) is 0.259. The molecule has 2 rings (SSSR count). The zero-order valence-electron chi connectivity index (χ0n) is 11.6. The van der Waals surface area contributed by atoms with Crippen molar-refractivity contribution in [1.82, 2.24) is 25.6 Å². The van der Waals surface area contributed by atoms with E-state index in [1.807, 2.05) is 0 Å². The molecule has 1 amide bonds. The van der Waals surface area contributed by atoms with Crippen LogP contribution < -0.4 is 10.6 Å². The molecule has 0 bridgehead atoms. The highest BCUT2D eigenvalue weighted by molar-refractivity contribution is 5.91. The van der Waals surface area contributed by atoms with Gasteiger partial charge < -0.3 is 15.4 Å². The molecular weight excluding hydrogens is 284 g/mol. The summed E-state index contributed by atoms with van der Waals surface area (Å²) in [7, 11) is 0. The van der Waals surface area contributed by atoms with Crippen LogP contribution in [0, 0.1) is 0 Å². The van der Waals surface area contributed by atoms with Gasteiger partial charge in [0.25, 0.3) is 12.3 Å². The molecule has 0 atom stereocenters. The number of piperidine rings is 1. The zero-order chi connectivity index (χ0) is 15.1. The van der Waals surface area contributed by atoms with E-state index >= 15 is 0 Å². The van der Waals surface area contributed by atoms with Crippen molar-refractivity contribution in [3.8, 4) is 0 Å². The van der Waals surface area contributed by atoms with E-state index in [9.17, 15) is 13.6 Å². The van der Waals surface area contributed by atoms with Gasteiger partial charge in [-0.15, -0.1) is 5.10 Å². The topological polar surface area (TPSA) is 81.1 Å². The minimum Gasteiger partial charge on any atom is -0.374 e. The van der Waals surface area contributed by atoms with Gasteiger partial charge >= 0.3 is 0 Å². The van der Waals surface area contributed by atoms with Crippen LogP contribution in [0.1, 0.15) is 29.4 Å². The van der Waals surface area contributed by atoms with E-state index in [2.05, 4.69) is 25.7 Å². The molecule has 0 spiro atoms. The molecule has 7 nitrogen and oxygen atoms in total. The molecule has 2 N–H and O–H groups in total. The van der Waals surface area contributed by atoms with E-state index in [1.54, 1.807) is 10.9 Å². The second-order valence-electron chi connectivity index (χ2n) is 4.79. The number of alkyl halides is 2. The molecule has 1 saturated heterocycles. The summed E-state index contributed by atoms with van der Waals surface area (Å²) in [5.74, 6) is -0.379. The van der Waals surface area contributed by atoms with Crippen molar-refractivity contribution >= 4 is 5.91 Å². The first kappa shape index (κ1) is 15.8. The number of hydrogen-bond acceptors (Lipinski definition) is 5. The normalized spacial score (nSPS) is 16.3. The molecule has 1 aliphatic heterocycles. The Labute approximate surface area is 121 Å². The average Bonchev–Trinajstić information content (AvgIpc) is 2.97. The number of carbonyl (C=O) groups excluding carboxylic acids is 1. The van der Waals surface area contributed by atoms with Crippen molar-refractivity contribution in [2.45, 2.75) is 25.3 Å². The molecule has 0 unspecified atom stereocenters. The smallest absolute Gasteiger partial charge is 0.273 e. The quantitative estimate of drug-likeness (QED) is 0.704. The number of hydrogen-bond donors (Lipinski definition) is 2. The van der Waals surface area contributed by atoms with Crippen molar-refractivity contribution in [3.05, 3.63) is 11.9 Å². The van der Waals surface area contributed by atoms with Gasteiger partial charge in [0.2, 0.25) is 0 Å². The van der Waals surface area contributed by atoms with E-state index in [0.717, 1.165) is 25.9 Å². The maximum atomic E-state index is 11.8. The predicted molar refractivity (Wildman–Crippen MR) is 70.3 cm³/mol. The number of amides is 1. The lowest BCUT2D eigenvalue weighted by Gasteiger charge is -2.22. The first-order valence-electron chi connectivity index (χ1n) is 6.93. The minimum absolute atomic E-state index is 0.0402. The van der Waals surface area contributed by atoms with Gasteiger partial charge in [0.05, 0.1) is 18.8 Å². The number of carbonyl (C=O) groups is 1. The lowest BCUT2D eigenvalue weighted by molar-refractivity contribution is 0.0188. The van der Waals surface area contributed by atoms with Gasteiger partial charge in [-0.2, -0.15) is 0 Å². The molecule has 1 aliphatic rings. The van der Waals surface area contributed by atoms with E-state index < -0.39 is 13.0 Å². The summed E-state index contributed by atoms with van der Waals surface area (Å²) in [4.78, 5) is 11.8. The summed E-state index contributed by atoms with van der Waals surface area (Å²) in [5, 5.41) is 13.6. The summed E-state index contributed by atoms with van der Waals surface area (Å²) >= 11 is 0. The molecule has 1 aromatic heterocycles. The third-order valence-corrected chi connectivity index (χ3v) is 3.20. The van der Waals surface area contributed by atoms with Crippen LogP contribution in [0.3, 0.4) is 0 Å². The maximum absolute atomic E-state index is 11.8. The van der Waals surface area contributed by atoms with Gasteiger partial charge in [-0.25, -0.2) is 13.5 Å². The Hall–Kier alpha value is -1.61. The van der Waals surface area contributed by atoms with Gasteiger partial charge in [-0.3, -0.25) is 4.79 Å². The van der Waals surface area contributed by atoms with Gasteiger partial charge in [0.15, 0.2) is 5.69 Å². The van der Waals surface area contributed by atoms with Crippen molar-refractivity contribution in [1.29, 1.82) is 0 Å². The van der Waals surface area contributed by atoms with E-state index in [0.29, 0.717) is 0 Å². The number of halogens is 2. The monoisotopic (exact) mass is 303 g/mol. The molecule has 0 aliphatic carbocycles. The van der Waals surface area contributed by atoms with Gasteiger partial charge in [-0.05, 0) is 25.9 Å². The lowest BCUT2D eigenvalue weighted by Crippen LogP contribution is -2.30. The second-order valence-corrected chi connectivity index (χ2v) is 4.79. The summed E-state index contributed by atoms with van der Waals surface area (Å²) in [6.45, 7) is 1.42. The first-order chi connectivity index (χ1) is 10.2. The number of nitrogens with one attached hydrogen (secondary N) is 2. The largest absolute Gasteiger partial charge is 0.374 e. The molecule has 0 aromatic carbocycles. The average molecular weight is 303 g/mol. The number of aromatic nitrogens is 3. The number of rotatable bonds is 7. The van der Waals surface area contributed by atoms with Crippen LogP contribution in [0.25, 0.3) is 0 Å². The lowest BCUT2D eigenvalue weighted by atomic mass is 10.1. The molecular formula is C12H19F2N5O2. The summed E-state index contributed by atoms with van der Waals surface area (Å²) in [5.41, 5.74) is 0.224. The molecule has 0 saturated carbocycles. The van der Waals surface area contributed by atoms with Crippen LogP contribution in [0.5, 0.6) is 0 Å². The van der Waals surface area contributed by atoms with Crippen molar-refractivity contribution in [2.75, 3.05) is 32.8 Å². The third-order valence-electron chi connectivity index (χ3n) is 3.20. The fraction of sp³-hybridized carbons (Fsp3) is 0.750. The molecule has 9 heteroatoms. The van der Waals surface area contributed by atoms with E-state index in [1.165, 1.54) is 0 Å². The zero-order valence-corrected chi connectivity index (χ0v) is 11.6. The van der Waals surface area contributed by atoms with Crippen LogP contribution in [0.4, 0.5) is 8.78 Å². The Morgan fingerprint density at radius 2 is 2.29 bits per heavy atom. The molecule has 21 heavy (non-hydrogen) atoms. The Morgan fingerprint density at radius 1 is 1.52 bits per heavy atom. The van der Waals surface area contributed by atoms with Crippen molar-refractivity contribution < 1.29 is 18.3 Å². The maximum Gasteiger partial charge on any atom is 0.273 e. The third kappa shape index (κ3) is 5.01. The Morgan fingerprint density at radius 3 is 3.00 bits per heavy atom. The van der Waals surface area contributed by atoms with E-state index in [4.69, 9.17) is 0 Å². The Balaban J connectivity index is 1.73. The highest BCUT2D eigenvalue weighted by atomic mass is 19.3. The highest BCUT2D eigenvalue weighted by Gasteiger charge is 2.18. The van der Waals surface area contributed by atoms with E-state index in [-0.39, 0.29) is 30.8 Å². The predicted octanol–water partition coefficient (Wildman–Crippen LogP) is 0.214.